The minimum absolute atomic E-state index is 0.0114. The third-order valence-electron chi connectivity index (χ3n) is 3.16. The molecule has 1 aliphatic rings. The van der Waals surface area contributed by atoms with E-state index in [1.807, 2.05) is 23.1 Å². The van der Waals surface area contributed by atoms with Crippen LogP contribution in [0.2, 0.25) is 0 Å². The SMILES string of the molecule is O=C(c1ccc(-c2cccnc2)o1)N1CCCC1. The molecule has 0 bridgehead atoms. The van der Waals surface area contributed by atoms with Crippen molar-refractivity contribution >= 4 is 5.91 Å². The molecule has 3 heterocycles. The first-order chi connectivity index (χ1) is 8.84. The molecular weight excluding hydrogens is 228 g/mol. The number of carbonyl (C=O) groups is 1. The lowest BCUT2D eigenvalue weighted by Gasteiger charge is -2.12. The Labute approximate surface area is 105 Å². The molecule has 0 atom stereocenters. The maximum absolute atomic E-state index is 12.1. The van der Waals surface area contributed by atoms with Gasteiger partial charge in [-0.25, -0.2) is 0 Å². The van der Waals surface area contributed by atoms with E-state index in [9.17, 15) is 4.79 Å². The van der Waals surface area contributed by atoms with Gasteiger partial charge in [0.1, 0.15) is 5.76 Å². The van der Waals surface area contributed by atoms with Crippen LogP contribution in [0.4, 0.5) is 0 Å². The fourth-order valence-corrected chi connectivity index (χ4v) is 2.19. The fraction of sp³-hybridized carbons (Fsp3) is 0.286. The zero-order chi connectivity index (χ0) is 12.4. The monoisotopic (exact) mass is 242 g/mol. The molecule has 2 aromatic heterocycles. The summed E-state index contributed by atoms with van der Waals surface area (Å²) in [4.78, 5) is 18.0. The van der Waals surface area contributed by atoms with Gasteiger partial charge in [0.2, 0.25) is 0 Å². The Morgan fingerprint density at radius 3 is 2.78 bits per heavy atom. The third kappa shape index (κ3) is 2.01. The maximum Gasteiger partial charge on any atom is 0.289 e. The van der Waals surface area contributed by atoms with Gasteiger partial charge >= 0.3 is 0 Å². The number of aromatic nitrogens is 1. The molecule has 2 aromatic rings. The number of rotatable bonds is 2. The summed E-state index contributed by atoms with van der Waals surface area (Å²) in [6.45, 7) is 1.67. The number of furan rings is 1. The van der Waals surface area contributed by atoms with Crippen LogP contribution in [0, 0.1) is 0 Å². The Balaban J connectivity index is 1.83. The molecule has 3 rings (SSSR count). The molecule has 18 heavy (non-hydrogen) atoms. The highest BCUT2D eigenvalue weighted by molar-refractivity contribution is 5.92. The van der Waals surface area contributed by atoms with E-state index >= 15 is 0 Å². The van der Waals surface area contributed by atoms with Crippen molar-refractivity contribution in [1.82, 2.24) is 9.88 Å². The van der Waals surface area contributed by atoms with Crippen LogP contribution < -0.4 is 0 Å². The van der Waals surface area contributed by atoms with Crippen LogP contribution in [-0.2, 0) is 0 Å². The second-order valence-corrected chi connectivity index (χ2v) is 4.40. The number of hydrogen-bond donors (Lipinski definition) is 0. The second-order valence-electron chi connectivity index (χ2n) is 4.40. The summed E-state index contributed by atoms with van der Waals surface area (Å²) >= 11 is 0. The molecule has 1 saturated heterocycles. The molecule has 0 radical (unpaired) electrons. The number of pyridine rings is 1. The lowest BCUT2D eigenvalue weighted by molar-refractivity contribution is 0.0762. The van der Waals surface area contributed by atoms with Crippen molar-refractivity contribution in [3.63, 3.8) is 0 Å². The summed E-state index contributed by atoms with van der Waals surface area (Å²) in [5.74, 6) is 1.09. The highest BCUT2D eigenvalue weighted by Gasteiger charge is 2.22. The lowest BCUT2D eigenvalue weighted by atomic mass is 10.2. The Hall–Kier alpha value is -2.10. The molecular formula is C14H14N2O2. The van der Waals surface area contributed by atoms with Crippen LogP contribution in [0.15, 0.2) is 41.1 Å². The highest BCUT2D eigenvalue weighted by atomic mass is 16.4. The van der Waals surface area contributed by atoms with Crippen molar-refractivity contribution in [3.05, 3.63) is 42.4 Å². The van der Waals surface area contributed by atoms with E-state index in [1.54, 1.807) is 18.5 Å². The first kappa shape index (κ1) is 11.0. The van der Waals surface area contributed by atoms with Crippen LogP contribution in [0.3, 0.4) is 0 Å². The Kier molecular flexibility index (Phi) is 2.84. The number of likely N-dealkylation sites (tertiary alicyclic amines) is 1. The Bertz CT molecular complexity index is 542. The summed E-state index contributed by atoms with van der Waals surface area (Å²) in [5.41, 5.74) is 0.887. The first-order valence-electron chi connectivity index (χ1n) is 6.14. The van der Waals surface area contributed by atoms with Crippen LogP contribution in [0.25, 0.3) is 11.3 Å². The minimum atomic E-state index is -0.0114. The van der Waals surface area contributed by atoms with Gasteiger partial charge in [0, 0.05) is 31.0 Å². The predicted octanol–water partition coefficient (Wildman–Crippen LogP) is 2.58. The van der Waals surface area contributed by atoms with Gasteiger partial charge in [-0.05, 0) is 37.1 Å². The van der Waals surface area contributed by atoms with Crippen LogP contribution in [0.1, 0.15) is 23.4 Å². The van der Waals surface area contributed by atoms with Gasteiger partial charge in [0.25, 0.3) is 5.91 Å². The molecule has 1 fully saturated rings. The van der Waals surface area contributed by atoms with E-state index in [-0.39, 0.29) is 5.91 Å². The molecule has 4 nitrogen and oxygen atoms in total. The van der Waals surface area contributed by atoms with Crippen LogP contribution in [0.5, 0.6) is 0 Å². The molecule has 1 aliphatic heterocycles. The van der Waals surface area contributed by atoms with Gasteiger partial charge in [0.15, 0.2) is 5.76 Å². The summed E-state index contributed by atoms with van der Waals surface area (Å²) in [5, 5.41) is 0. The van der Waals surface area contributed by atoms with Crippen LogP contribution in [-0.4, -0.2) is 28.9 Å². The predicted molar refractivity (Wildman–Crippen MR) is 67.1 cm³/mol. The lowest BCUT2D eigenvalue weighted by Crippen LogP contribution is -2.27. The van der Waals surface area contributed by atoms with Gasteiger partial charge in [-0.2, -0.15) is 0 Å². The molecule has 0 aromatic carbocycles. The molecule has 1 amide bonds. The van der Waals surface area contributed by atoms with Crippen molar-refractivity contribution in [2.75, 3.05) is 13.1 Å². The molecule has 92 valence electrons. The van der Waals surface area contributed by atoms with Crippen molar-refractivity contribution in [2.24, 2.45) is 0 Å². The zero-order valence-electron chi connectivity index (χ0n) is 10.0. The van der Waals surface area contributed by atoms with Crippen molar-refractivity contribution in [1.29, 1.82) is 0 Å². The number of amides is 1. The van der Waals surface area contributed by atoms with Crippen molar-refractivity contribution in [2.45, 2.75) is 12.8 Å². The Morgan fingerprint density at radius 1 is 1.22 bits per heavy atom. The minimum Gasteiger partial charge on any atom is -0.451 e. The molecule has 0 saturated carbocycles. The normalized spacial score (nSPS) is 15.0. The van der Waals surface area contributed by atoms with E-state index in [4.69, 9.17) is 4.42 Å². The number of nitrogens with zero attached hydrogens (tertiary/aromatic N) is 2. The zero-order valence-corrected chi connectivity index (χ0v) is 10.0. The molecule has 0 spiro atoms. The standard InChI is InChI=1S/C14H14N2O2/c17-14(16-8-1-2-9-16)13-6-5-12(18-13)11-4-3-7-15-10-11/h3-7,10H,1-2,8-9H2. The summed E-state index contributed by atoms with van der Waals surface area (Å²) in [6, 6.07) is 7.32. The van der Waals surface area contributed by atoms with E-state index in [0.717, 1.165) is 31.5 Å². The summed E-state index contributed by atoms with van der Waals surface area (Å²) < 4.78 is 5.61. The first-order valence-corrected chi connectivity index (χ1v) is 6.14. The topological polar surface area (TPSA) is 46.3 Å². The van der Waals surface area contributed by atoms with E-state index in [1.165, 1.54) is 0 Å². The maximum atomic E-state index is 12.1. The number of hydrogen-bond acceptors (Lipinski definition) is 3. The molecule has 0 unspecified atom stereocenters. The van der Waals surface area contributed by atoms with Gasteiger partial charge in [-0.15, -0.1) is 0 Å². The number of carbonyl (C=O) groups excluding carboxylic acids is 1. The smallest absolute Gasteiger partial charge is 0.289 e. The van der Waals surface area contributed by atoms with Gasteiger partial charge in [-0.1, -0.05) is 0 Å². The van der Waals surface area contributed by atoms with Gasteiger partial charge in [0.05, 0.1) is 0 Å². The molecule has 0 N–H and O–H groups in total. The van der Waals surface area contributed by atoms with Gasteiger partial charge in [-0.3, -0.25) is 9.78 Å². The Morgan fingerprint density at radius 2 is 2.06 bits per heavy atom. The molecule has 4 heteroatoms. The van der Waals surface area contributed by atoms with Crippen molar-refractivity contribution in [3.8, 4) is 11.3 Å². The summed E-state index contributed by atoms with van der Waals surface area (Å²) in [6.07, 6.45) is 5.61. The fourth-order valence-electron chi connectivity index (χ4n) is 2.19. The third-order valence-corrected chi connectivity index (χ3v) is 3.16. The second kappa shape index (κ2) is 4.64. The summed E-state index contributed by atoms with van der Waals surface area (Å²) in [7, 11) is 0. The van der Waals surface area contributed by atoms with E-state index in [2.05, 4.69) is 4.98 Å². The molecule has 0 aliphatic carbocycles. The average Bonchev–Trinajstić information content (AvgIpc) is 3.10. The van der Waals surface area contributed by atoms with Crippen molar-refractivity contribution < 1.29 is 9.21 Å². The largest absolute Gasteiger partial charge is 0.451 e. The average molecular weight is 242 g/mol. The van der Waals surface area contributed by atoms with Crippen LogP contribution >= 0.6 is 0 Å². The van der Waals surface area contributed by atoms with Gasteiger partial charge < -0.3 is 9.32 Å². The quantitative estimate of drug-likeness (QED) is 0.813. The van der Waals surface area contributed by atoms with E-state index < -0.39 is 0 Å². The highest BCUT2D eigenvalue weighted by Crippen LogP contribution is 2.22. The van der Waals surface area contributed by atoms with E-state index in [0.29, 0.717) is 11.5 Å².